The van der Waals surface area contributed by atoms with Crippen LogP contribution in [0.3, 0.4) is 0 Å². The first-order valence-electron chi connectivity index (χ1n) is 5.47. The van der Waals surface area contributed by atoms with Crippen molar-refractivity contribution in [2.75, 3.05) is 12.8 Å². The van der Waals surface area contributed by atoms with Crippen molar-refractivity contribution in [2.45, 2.75) is 6.61 Å². The van der Waals surface area contributed by atoms with Crippen LogP contribution in [0.15, 0.2) is 30.3 Å². The van der Waals surface area contributed by atoms with Crippen LogP contribution in [-0.4, -0.2) is 22.0 Å². The van der Waals surface area contributed by atoms with Gasteiger partial charge in [0.25, 0.3) is 5.69 Å². The second kappa shape index (κ2) is 5.40. The third-order valence-corrected chi connectivity index (χ3v) is 2.42. The highest BCUT2D eigenvalue weighted by Gasteiger charge is 2.10. The molecule has 98 valence electrons. The van der Waals surface area contributed by atoms with Crippen molar-refractivity contribution in [1.82, 2.24) is 9.97 Å². The van der Waals surface area contributed by atoms with Crippen molar-refractivity contribution in [3.8, 4) is 11.3 Å². The van der Waals surface area contributed by atoms with Crippen LogP contribution in [0.5, 0.6) is 0 Å². The predicted molar refractivity (Wildman–Crippen MR) is 69.2 cm³/mol. The maximum atomic E-state index is 10.7. The number of nitrogens with two attached hydrogens (primary N) is 1. The Labute approximate surface area is 109 Å². The van der Waals surface area contributed by atoms with Crippen molar-refractivity contribution >= 4 is 11.5 Å². The summed E-state index contributed by atoms with van der Waals surface area (Å²) in [4.78, 5) is 18.6. The minimum Gasteiger partial charge on any atom is -0.384 e. The summed E-state index contributed by atoms with van der Waals surface area (Å²) in [6.07, 6.45) is 0. The van der Waals surface area contributed by atoms with Gasteiger partial charge in [0.05, 0.1) is 10.6 Å². The third kappa shape index (κ3) is 3.02. The molecule has 0 radical (unpaired) electrons. The van der Waals surface area contributed by atoms with Gasteiger partial charge in [-0.2, -0.15) is 0 Å². The van der Waals surface area contributed by atoms with E-state index in [0.717, 1.165) is 0 Å². The summed E-state index contributed by atoms with van der Waals surface area (Å²) in [7, 11) is 1.53. The molecule has 0 atom stereocenters. The number of nitro benzene ring substituents is 1. The van der Waals surface area contributed by atoms with E-state index >= 15 is 0 Å². The number of ether oxygens (including phenoxy) is 1. The maximum absolute atomic E-state index is 10.7. The molecule has 0 aliphatic heterocycles. The van der Waals surface area contributed by atoms with Gasteiger partial charge in [-0.3, -0.25) is 10.1 Å². The summed E-state index contributed by atoms with van der Waals surface area (Å²) in [5.74, 6) is 0.729. The lowest BCUT2D eigenvalue weighted by Crippen LogP contribution is -2.02. The molecule has 19 heavy (non-hydrogen) atoms. The number of rotatable bonds is 4. The standard InChI is InChI=1S/C12H12N4O3/c1-19-7-12-14-10(6-11(13)15-12)8-3-2-4-9(5-8)16(17)18/h2-6H,7H2,1H3,(H2,13,14,15). The second-order valence-corrected chi connectivity index (χ2v) is 3.83. The fraction of sp³-hybridized carbons (Fsp3) is 0.167. The molecule has 0 spiro atoms. The number of hydrogen-bond acceptors (Lipinski definition) is 6. The number of nitro groups is 1. The molecule has 2 N–H and O–H groups in total. The second-order valence-electron chi connectivity index (χ2n) is 3.83. The molecule has 0 aliphatic rings. The van der Waals surface area contributed by atoms with E-state index in [0.29, 0.717) is 22.9 Å². The molecule has 1 aromatic carbocycles. The number of non-ortho nitro benzene ring substituents is 1. The zero-order valence-electron chi connectivity index (χ0n) is 10.2. The maximum Gasteiger partial charge on any atom is 0.270 e. The average Bonchev–Trinajstić information content (AvgIpc) is 2.38. The summed E-state index contributed by atoms with van der Waals surface area (Å²) in [6, 6.07) is 7.76. The van der Waals surface area contributed by atoms with Crippen LogP contribution in [0.25, 0.3) is 11.3 Å². The van der Waals surface area contributed by atoms with Crippen molar-refractivity contribution in [1.29, 1.82) is 0 Å². The molecule has 0 saturated heterocycles. The lowest BCUT2D eigenvalue weighted by atomic mass is 10.1. The highest BCUT2D eigenvalue weighted by Crippen LogP contribution is 2.23. The number of nitrogen functional groups attached to an aromatic ring is 1. The minimum absolute atomic E-state index is 0.00275. The van der Waals surface area contributed by atoms with E-state index in [-0.39, 0.29) is 12.3 Å². The van der Waals surface area contributed by atoms with Crippen molar-refractivity contribution in [3.05, 3.63) is 46.3 Å². The summed E-state index contributed by atoms with van der Waals surface area (Å²) >= 11 is 0. The van der Waals surface area contributed by atoms with E-state index in [1.807, 2.05) is 0 Å². The Balaban J connectivity index is 2.46. The zero-order chi connectivity index (χ0) is 13.8. The number of anilines is 1. The Bertz CT molecular complexity index is 616. The predicted octanol–water partition coefficient (Wildman–Crippen LogP) is 1.78. The van der Waals surface area contributed by atoms with Crippen molar-refractivity contribution in [3.63, 3.8) is 0 Å². The van der Waals surface area contributed by atoms with E-state index in [9.17, 15) is 10.1 Å². The first-order chi connectivity index (χ1) is 9.10. The molecule has 0 unspecified atom stereocenters. The Morgan fingerprint density at radius 3 is 2.84 bits per heavy atom. The molecular formula is C12H12N4O3. The monoisotopic (exact) mass is 260 g/mol. The summed E-state index contributed by atoms with van der Waals surface area (Å²) in [6.45, 7) is 0.229. The van der Waals surface area contributed by atoms with Gasteiger partial charge in [-0.15, -0.1) is 0 Å². The van der Waals surface area contributed by atoms with E-state index in [1.54, 1.807) is 18.2 Å². The number of hydrogen-bond donors (Lipinski definition) is 1. The Hall–Kier alpha value is -2.54. The summed E-state index contributed by atoms with van der Waals surface area (Å²) in [5, 5.41) is 10.7. The molecule has 0 amide bonds. The van der Waals surface area contributed by atoms with Gasteiger partial charge in [0.1, 0.15) is 12.4 Å². The third-order valence-electron chi connectivity index (χ3n) is 2.42. The smallest absolute Gasteiger partial charge is 0.270 e. The van der Waals surface area contributed by atoms with Gasteiger partial charge in [0, 0.05) is 30.9 Å². The fourth-order valence-corrected chi connectivity index (χ4v) is 1.64. The molecule has 0 bridgehead atoms. The summed E-state index contributed by atoms with van der Waals surface area (Å²) < 4.78 is 4.95. The molecular weight excluding hydrogens is 248 g/mol. The molecule has 1 heterocycles. The van der Waals surface area contributed by atoms with E-state index in [1.165, 1.54) is 19.2 Å². The van der Waals surface area contributed by atoms with Crippen LogP contribution in [0, 0.1) is 10.1 Å². The Kier molecular flexibility index (Phi) is 3.67. The first-order valence-corrected chi connectivity index (χ1v) is 5.47. The zero-order valence-corrected chi connectivity index (χ0v) is 10.2. The van der Waals surface area contributed by atoms with Crippen molar-refractivity contribution < 1.29 is 9.66 Å². The van der Waals surface area contributed by atoms with Gasteiger partial charge < -0.3 is 10.5 Å². The largest absolute Gasteiger partial charge is 0.384 e. The van der Waals surface area contributed by atoms with Gasteiger partial charge >= 0.3 is 0 Å². The average molecular weight is 260 g/mol. The normalized spacial score (nSPS) is 10.4. The number of nitrogens with zero attached hydrogens (tertiary/aromatic N) is 3. The number of benzene rings is 1. The quantitative estimate of drug-likeness (QED) is 0.663. The number of methoxy groups -OCH3 is 1. The fourth-order valence-electron chi connectivity index (χ4n) is 1.64. The van der Waals surface area contributed by atoms with Gasteiger partial charge in [-0.1, -0.05) is 12.1 Å². The minimum atomic E-state index is -0.454. The van der Waals surface area contributed by atoms with Gasteiger partial charge in [-0.05, 0) is 0 Å². The van der Waals surface area contributed by atoms with Gasteiger partial charge in [0.15, 0.2) is 5.82 Å². The number of aromatic nitrogens is 2. The molecule has 7 heteroatoms. The van der Waals surface area contributed by atoms with Crippen LogP contribution >= 0.6 is 0 Å². The molecule has 7 nitrogen and oxygen atoms in total. The molecule has 2 aromatic rings. The lowest BCUT2D eigenvalue weighted by molar-refractivity contribution is -0.384. The van der Waals surface area contributed by atoms with Crippen LogP contribution in [0.4, 0.5) is 11.5 Å². The molecule has 0 aliphatic carbocycles. The first kappa shape index (κ1) is 12.9. The van der Waals surface area contributed by atoms with Crippen LogP contribution in [-0.2, 0) is 11.3 Å². The highest BCUT2D eigenvalue weighted by atomic mass is 16.6. The molecule has 0 saturated carbocycles. The van der Waals surface area contributed by atoms with E-state index in [4.69, 9.17) is 10.5 Å². The van der Waals surface area contributed by atoms with Gasteiger partial charge in [-0.25, -0.2) is 9.97 Å². The molecule has 0 fully saturated rings. The van der Waals surface area contributed by atoms with Crippen LogP contribution < -0.4 is 5.73 Å². The van der Waals surface area contributed by atoms with E-state index < -0.39 is 4.92 Å². The summed E-state index contributed by atoms with van der Waals surface area (Å²) in [5.41, 5.74) is 6.83. The Morgan fingerprint density at radius 1 is 1.37 bits per heavy atom. The highest BCUT2D eigenvalue weighted by molar-refractivity contribution is 5.64. The lowest BCUT2D eigenvalue weighted by Gasteiger charge is -2.05. The van der Waals surface area contributed by atoms with Gasteiger partial charge in [0.2, 0.25) is 0 Å². The van der Waals surface area contributed by atoms with Crippen LogP contribution in [0.1, 0.15) is 5.82 Å². The van der Waals surface area contributed by atoms with Crippen molar-refractivity contribution in [2.24, 2.45) is 0 Å². The Morgan fingerprint density at radius 2 is 2.16 bits per heavy atom. The molecule has 1 aromatic heterocycles. The topological polar surface area (TPSA) is 104 Å². The molecule has 2 rings (SSSR count). The van der Waals surface area contributed by atoms with E-state index in [2.05, 4.69) is 9.97 Å². The SMILES string of the molecule is COCc1nc(N)cc(-c2cccc([N+](=O)[O-])c2)n1. The van der Waals surface area contributed by atoms with Crippen LogP contribution in [0.2, 0.25) is 0 Å².